The van der Waals surface area contributed by atoms with E-state index in [-0.39, 0.29) is 19.0 Å². The van der Waals surface area contributed by atoms with Crippen LogP contribution >= 0.6 is 0 Å². The van der Waals surface area contributed by atoms with Gasteiger partial charge in [-0.1, -0.05) is 0 Å². The molecule has 0 heterocycles. The highest BCUT2D eigenvalue weighted by Gasteiger charge is 2.30. The molecule has 0 spiro atoms. The molecule has 5 N–H and O–H groups in total. The summed E-state index contributed by atoms with van der Waals surface area (Å²) in [6, 6.07) is 8.76. The second kappa shape index (κ2) is 7.75. The van der Waals surface area contributed by atoms with Crippen LogP contribution in [-0.4, -0.2) is 12.8 Å². The Balaban J connectivity index is 1.95. The maximum Gasteiger partial charge on any atom is 0.416 e. The second-order valence-electron chi connectivity index (χ2n) is 4.95. The summed E-state index contributed by atoms with van der Waals surface area (Å²) in [6.45, 7) is -0.198. The summed E-state index contributed by atoms with van der Waals surface area (Å²) < 4.78 is 47.6. The van der Waals surface area contributed by atoms with Gasteiger partial charge in [-0.2, -0.15) is 13.2 Å². The van der Waals surface area contributed by atoms with E-state index in [4.69, 9.17) is 20.9 Å². The van der Waals surface area contributed by atoms with E-state index in [9.17, 15) is 18.0 Å². The van der Waals surface area contributed by atoms with Gasteiger partial charge in [0.2, 0.25) is 0 Å². The minimum Gasteiger partial charge on any atom is -0.478 e. The molecule has 134 valence electrons. The molecule has 0 aliphatic rings. The number of hydrogen-bond acceptors (Lipinski definition) is 5. The molecular formula is C16H16F3N3O3. The third-order valence-electron chi connectivity index (χ3n) is 3.15. The zero-order chi connectivity index (χ0) is 18.4. The van der Waals surface area contributed by atoms with Gasteiger partial charge < -0.3 is 15.2 Å². The Morgan fingerprint density at radius 3 is 2.40 bits per heavy atom. The van der Waals surface area contributed by atoms with Crippen LogP contribution in [-0.2, 0) is 17.5 Å². The summed E-state index contributed by atoms with van der Waals surface area (Å²) in [4.78, 5) is 11.8. The molecular weight excluding hydrogens is 339 g/mol. The Labute approximate surface area is 141 Å². The Bertz CT molecular complexity index is 734. The number of ether oxygens (including phenoxy) is 2. The molecule has 25 heavy (non-hydrogen) atoms. The summed E-state index contributed by atoms with van der Waals surface area (Å²) in [5.41, 5.74) is 11.3. The summed E-state index contributed by atoms with van der Waals surface area (Å²) in [7, 11) is 0. The molecule has 0 atom stereocenters. The molecule has 6 nitrogen and oxygen atoms in total. The van der Waals surface area contributed by atoms with Gasteiger partial charge in [-0.15, -0.1) is 0 Å². The Morgan fingerprint density at radius 2 is 1.80 bits per heavy atom. The van der Waals surface area contributed by atoms with Crippen molar-refractivity contribution < 1.29 is 27.4 Å². The van der Waals surface area contributed by atoms with Crippen LogP contribution in [0.1, 0.15) is 11.1 Å². The van der Waals surface area contributed by atoms with E-state index >= 15 is 0 Å². The van der Waals surface area contributed by atoms with Crippen molar-refractivity contribution in [3.05, 3.63) is 53.6 Å². The molecule has 0 saturated heterocycles. The van der Waals surface area contributed by atoms with Gasteiger partial charge in [-0.3, -0.25) is 11.1 Å². The van der Waals surface area contributed by atoms with E-state index in [2.05, 4.69) is 5.32 Å². The van der Waals surface area contributed by atoms with Crippen LogP contribution in [0.2, 0.25) is 0 Å². The lowest BCUT2D eigenvalue weighted by atomic mass is 10.2. The van der Waals surface area contributed by atoms with Gasteiger partial charge >= 0.3 is 12.3 Å². The van der Waals surface area contributed by atoms with Crippen LogP contribution in [0, 0.1) is 0 Å². The molecule has 2 rings (SSSR count). The van der Waals surface area contributed by atoms with Gasteiger partial charge in [0.15, 0.2) is 0 Å². The highest BCUT2D eigenvalue weighted by atomic mass is 19.4. The van der Waals surface area contributed by atoms with Gasteiger partial charge in [0.1, 0.15) is 19.1 Å². The zero-order valence-electron chi connectivity index (χ0n) is 13.0. The van der Waals surface area contributed by atoms with Crippen molar-refractivity contribution in [1.29, 1.82) is 0 Å². The van der Waals surface area contributed by atoms with E-state index in [1.165, 1.54) is 0 Å². The monoisotopic (exact) mass is 355 g/mol. The molecule has 0 radical (unpaired) electrons. The standard InChI is InChI=1S/C16H16F3N3O3/c17-16(18,19)11-2-5-13(6-3-11)22-15(23)24-8-10-1-4-12(21)7-14(10)25-9-20/h1-7H,8-9,20-21H2,(H,22,23). The van der Waals surface area contributed by atoms with Crippen LogP contribution in [0.5, 0.6) is 5.75 Å². The number of carbonyl (C=O) groups excluding carboxylic acids is 1. The highest BCUT2D eigenvalue weighted by Crippen LogP contribution is 2.30. The number of benzene rings is 2. The molecule has 2 aromatic rings. The summed E-state index contributed by atoms with van der Waals surface area (Å²) >= 11 is 0. The Morgan fingerprint density at radius 1 is 1.12 bits per heavy atom. The maximum absolute atomic E-state index is 12.5. The zero-order valence-corrected chi connectivity index (χ0v) is 13.0. The SMILES string of the molecule is NCOc1cc(N)ccc1COC(=O)Nc1ccc(C(F)(F)F)cc1. The lowest BCUT2D eigenvalue weighted by Crippen LogP contribution is -2.15. The predicted octanol–water partition coefficient (Wildman–Crippen LogP) is 3.33. The quantitative estimate of drug-likeness (QED) is 0.564. The molecule has 0 saturated carbocycles. The molecule has 2 aromatic carbocycles. The van der Waals surface area contributed by atoms with Crippen LogP contribution in [0.4, 0.5) is 29.3 Å². The van der Waals surface area contributed by atoms with Crippen molar-refractivity contribution in [3.63, 3.8) is 0 Å². The number of anilines is 2. The van der Waals surface area contributed by atoms with Crippen molar-refractivity contribution >= 4 is 17.5 Å². The summed E-state index contributed by atoms with van der Waals surface area (Å²) in [5, 5.41) is 2.33. The van der Waals surface area contributed by atoms with Crippen molar-refractivity contribution in [2.45, 2.75) is 12.8 Å². The summed E-state index contributed by atoms with van der Waals surface area (Å²) in [6.07, 6.45) is -5.26. The molecule has 0 aromatic heterocycles. The van der Waals surface area contributed by atoms with E-state index in [0.29, 0.717) is 17.0 Å². The minimum atomic E-state index is -4.44. The number of nitrogen functional groups attached to an aromatic ring is 1. The highest BCUT2D eigenvalue weighted by molar-refractivity contribution is 5.84. The maximum atomic E-state index is 12.5. The van der Waals surface area contributed by atoms with E-state index < -0.39 is 17.8 Å². The van der Waals surface area contributed by atoms with Gasteiger partial charge in [-0.25, -0.2) is 4.79 Å². The third kappa shape index (κ3) is 5.28. The Hall–Kier alpha value is -2.94. The van der Waals surface area contributed by atoms with Crippen molar-refractivity contribution in [3.8, 4) is 5.75 Å². The first kappa shape index (κ1) is 18.4. The number of nitrogens with one attached hydrogen (secondary N) is 1. The fraction of sp³-hybridized carbons (Fsp3) is 0.188. The Kier molecular flexibility index (Phi) is 5.71. The van der Waals surface area contributed by atoms with Crippen molar-refractivity contribution in [1.82, 2.24) is 0 Å². The van der Waals surface area contributed by atoms with E-state index in [1.54, 1.807) is 18.2 Å². The first-order valence-electron chi connectivity index (χ1n) is 7.12. The van der Waals surface area contributed by atoms with Crippen molar-refractivity contribution in [2.24, 2.45) is 5.73 Å². The molecule has 0 fully saturated rings. The van der Waals surface area contributed by atoms with E-state index in [0.717, 1.165) is 24.3 Å². The molecule has 0 bridgehead atoms. The predicted molar refractivity (Wildman–Crippen MR) is 85.8 cm³/mol. The van der Waals surface area contributed by atoms with Gasteiger partial charge in [0.25, 0.3) is 0 Å². The first-order valence-corrected chi connectivity index (χ1v) is 7.12. The van der Waals surface area contributed by atoms with Gasteiger partial charge in [-0.05, 0) is 36.4 Å². The van der Waals surface area contributed by atoms with E-state index in [1.807, 2.05) is 0 Å². The fourth-order valence-electron chi connectivity index (χ4n) is 1.95. The fourth-order valence-corrected chi connectivity index (χ4v) is 1.95. The van der Waals surface area contributed by atoms with Crippen molar-refractivity contribution in [2.75, 3.05) is 17.8 Å². The topological polar surface area (TPSA) is 99.6 Å². The number of alkyl halides is 3. The lowest BCUT2D eigenvalue weighted by molar-refractivity contribution is -0.137. The number of halogens is 3. The lowest BCUT2D eigenvalue weighted by Gasteiger charge is -2.12. The largest absolute Gasteiger partial charge is 0.478 e. The number of rotatable bonds is 5. The minimum absolute atomic E-state index is 0.0752. The van der Waals surface area contributed by atoms with Gasteiger partial charge in [0.05, 0.1) is 5.56 Å². The molecule has 1 amide bonds. The molecule has 9 heteroatoms. The van der Waals surface area contributed by atoms with Gasteiger partial charge in [0, 0.05) is 23.0 Å². The van der Waals surface area contributed by atoms with Crippen LogP contribution < -0.4 is 21.5 Å². The normalized spacial score (nSPS) is 11.0. The third-order valence-corrected chi connectivity index (χ3v) is 3.15. The number of amides is 1. The number of nitrogens with two attached hydrogens (primary N) is 2. The van der Waals surface area contributed by atoms with Crippen LogP contribution in [0.3, 0.4) is 0 Å². The number of carbonyl (C=O) groups is 1. The van der Waals surface area contributed by atoms with Crippen LogP contribution in [0.25, 0.3) is 0 Å². The molecule has 0 unspecified atom stereocenters. The molecule has 0 aliphatic heterocycles. The second-order valence-corrected chi connectivity index (χ2v) is 4.95. The smallest absolute Gasteiger partial charge is 0.416 e. The summed E-state index contributed by atoms with van der Waals surface area (Å²) in [5.74, 6) is 0.379. The average Bonchev–Trinajstić information content (AvgIpc) is 2.54. The first-order chi connectivity index (χ1) is 11.8. The molecule has 0 aliphatic carbocycles. The average molecular weight is 355 g/mol. The number of hydrogen-bond donors (Lipinski definition) is 3. The van der Waals surface area contributed by atoms with Crippen LogP contribution in [0.15, 0.2) is 42.5 Å².